The van der Waals surface area contributed by atoms with Gasteiger partial charge in [-0.2, -0.15) is 13.2 Å². The number of halogens is 7. The maximum atomic E-state index is 14.9. The molecule has 388 valence electrons. The third-order valence-corrected chi connectivity index (χ3v) is 14.3. The molecule has 1 aromatic carbocycles. The number of nitrogens with zero attached hydrogens (tertiary/aromatic N) is 3. The van der Waals surface area contributed by atoms with E-state index in [1.165, 1.54) is 32.8 Å². The maximum Gasteiger partial charge on any atom is 0.403 e. The van der Waals surface area contributed by atoms with Crippen molar-refractivity contribution in [2.45, 2.75) is 152 Å². The van der Waals surface area contributed by atoms with Gasteiger partial charge in [-0.3, -0.25) is 33.6 Å². The van der Waals surface area contributed by atoms with Gasteiger partial charge in [0.1, 0.15) is 41.9 Å². The second-order valence-electron chi connectivity index (χ2n) is 20.5. The van der Waals surface area contributed by atoms with Crippen molar-refractivity contribution in [3.63, 3.8) is 0 Å². The minimum Gasteiger partial charge on any atom is -0.377 e. The molecule has 4 N–H and O–H groups in total. The number of alkyl halides is 6. The number of ether oxygens (including phenoxy) is 1. The van der Waals surface area contributed by atoms with Gasteiger partial charge in [-0.1, -0.05) is 37.6 Å². The van der Waals surface area contributed by atoms with Gasteiger partial charge in [0.2, 0.25) is 41.4 Å². The summed E-state index contributed by atoms with van der Waals surface area (Å²) in [5.74, 6) is -10.9. The second-order valence-corrected chi connectivity index (χ2v) is 20.9. The lowest BCUT2D eigenvalue weighted by atomic mass is 9.64. The van der Waals surface area contributed by atoms with E-state index in [1.54, 1.807) is 12.1 Å². The Kier molecular flexibility index (Phi) is 16.7. The Bertz CT molecular complexity index is 2220. The third-order valence-electron chi connectivity index (χ3n) is 14.1. The van der Waals surface area contributed by atoms with E-state index >= 15 is 0 Å². The summed E-state index contributed by atoms with van der Waals surface area (Å²) in [6.45, 7) is 6.71. The highest BCUT2D eigenvalue weighted by atomic mass is 35.5. The van der Waals surface area contributed by atoms with Crippen LogP contribution in [0.5, 0.6) is 0 Å². The standard InChI is InChI=1S/C48H64ClF6N7O8/c1-26(2)19-33-41(66)61(6)35(21-29-20-30(49)12-13-32(29)27-14-17-70-18-15-27)40(65)59-45(3,4)43(68)56-16-8-7-9-34(38(63)57-33)60(5)42(67)37(28-10-11-28)58-39(64)36-22-31(50)23-62(36)44(69)46(48(53,54)55)24-47(51,52)25-46/h12-14,20,26,28,31,33-37H,7-11,15-19,21-25H2,1-6H3,(H,56,68)(H,57,63)(H,58,64)(H,59,65)/t31-,33+,34+,35+,36+,37+/m1/s1. The fourth-order valence-corrected chi connectivity index (χ4v) is 10.1. The highest BCUT2D eigenvalue weighted by molar-refractivity contribution is 6.30. The summed E-state index contributed by atoms with van der Waals surface area (Å²) in [7, 11) is 2.73. The molecular formula is C48H64ClF6N7O8. The molecule has 15 nitrogen and oxygen atoms in total. The van der Waals surface area contributed by atoms with Crippen LogP contribution in [0.25, 0.3) is 5.57 Å². The van der Waals surface area contributed by atoms with E-state index in [4.69, 9.17) is 16.3 Å². The molecule has 3 aliphatic heterocycles. The first-order valence-electron chi connectivity index (χ1n) is 23.9. The molecule has 3 heterocycles. The van der Waals surface area contributed by atoms with Crippen LogP contribution in [0, 0.1) is 17.3 Å². The maximum absolute atomic E-state index is 14.9. The Morgan fingerprint density at radius 1 is 1.03 bits per heavy atom. The molecule has 1 aromatic rings. The smallest absolute Gasteiger partial charge is 0.377 e. The topological polar surface area (TPSA) is 187 Å². The zero-order chi connectivity index (χ0) is 51.7. The van der Waals surface area contributed by atoms with Crippen molar-refractivity contribution in [2.75, 3.05) is 40.4 Å². The van der Waals surface area contributed by atoms with Gasteiger partial charge in [0.05, 0.1) is 19.8 Å². The first kappa shape index (κ1) is 54.4. The Morgan fingerprint density at radius 3 is 2.31 bits per heavy atom. The lowest BCUT2D eigenvalue weighted by Crippen LogP contribution is -2.65. The minimum absolute atomic E-state index is 0.00646. The van der Waals surface area contributed by atoms with Gasteiger partial charge < -0.3 is 40.7 Å². The number of likely N-dealkylation sites (N-methyl/N-ethyl adjacent to an activating group) is 2. The van der Waals surface area contributed by atoms with Crippen LogP contribution in [0.1, 0.15) is 103 Å². The van der Waals surface area contributed by atoms with E-state index in [-0.39, 0.29) is 38.1 Å². The highest BCUT2D eigenvalue weighted by Gasteiger charge is 2.75. The number of carbonyl (C=O) groups is 7. The molecule has 6 atom stereocenters. The molecule has 2 saturated heterocycles. The molecule has 6 rings (SSSR count). The zero-order valence-electron chi connectivity index (χ0n) is 40.3. The summed E-state index contributed by atoms with van der Waals surface area (Å²) < 4.78 is 91.0. The molecule has 0 aromatic heterocycles. The van der Waals surface area contributed by atoms with Gasteiger partial charge in [0.25, 0.3) is 5.92 Å². The van der Waals surface area contributed by atoms with Crippen molar-refractivity contribution < 1.29 is 64.6 Å². The summed E-state index contributed by atoms with van der Waals surface area (Å²) in [6.07, 6.45) is -7.89. The minimum atomic E-state index is -5.42. The number of hydrogen-bond donors (Lipinski definition) is 4. The van der Waals surface area contributed by atoms with Gasteiger partial charge in [0, 0.05) is 51.3 Å². The Labute approximate surface area is 408 Å². The van der Waals surface area contributed by atoms with Crippen molar-refractivity contribution in [2.24, 2.45) is 17.3 Å². The molecule has 4 fully saturated rings. The van der Waals surface area contributed by atoms with Gasteiger partial charge in [-0.15, -0.1) is 0 Å². The van der Waals surface area contributed by atoms with Gasteiger partial charge in [0.15, 0.2) is 5.41 Å². The van der Waals surface area contributed by atoms with Crippen molar-refractivity contribution in [1.82, 2.24) is 36.0 Å². The van der Waals surface area contributed by atoms with E-state index in [1.807, 2.05) is 26.0 Å². The first-order chi connectivity index (χ1) is 32.7. The molecule has 5 aliphatic rings. The summed E-state index contributed by atoms with van der Waals surface area (Å²) in [6, 6.07) is -1.76. The van der Waals surface area contributed by atoms with Gasteiger partial charge in [-0.05, 0) is 99.5 Å². The molecule has 0 radical (unpaired) electrons. The fraction of sp³-hybridized carbons (Fsp3) is 0.688. The zero-order valence-corrected chi connectivity index (χ0v) is 41.0. The summed E-state index contributed by atoms with van der Waals surface area (Å²) in [4.78, 5) is 102. The van der Waals surface area contributed by atoms with Crippen molar-refractivity contribution in [3.05, 3.63) is 40.4 Å². The monoisotopic (exact) mass is 1020 g/mol. The predicted molar refractivity (Wildman–Crippen MR) is 244 cm³/mol. The summed E-state index contributed by atoms with van der Waals surface area (Å²) >= 11 is 6.51. The average molecular weight is 1020 g/mol. The van der Waals surface area contributed by atoms with Crippen LogP contribution in [-0.4, -0.2) is 150 Å². The number of benzene rings is 1. The molecule has 70 heavy (non-hydrogen) atoms. The number of rotatable bonds is 11. The quantitative estimate of drug-likeness (QED) is 0.226. The Hall–Kier alpha value is -4.92. The van der Waals surface area contributed by atoms with Crippen LogP contribution in [0.15, 0.2) is 24.3 Å². The van der Waals surface area contributed by atoms with Crippen LogP contribution < -0.4 is 21.3 Å². The molecule has 7 amide bonds. The van der Waals surface area contributed by atoms with Crippen LogP contribution in [0.3, 0.4) is 0 Å². The number of hydrogen-bond acceptors (Lipinski definition) is 8. The van der Waals surface area contributed by atoms with Crippen LogP contribution in [0.4, 0.5) is 26.3 Å². The molecular weight excluding hydrogens is 952 g/mol. The number of likely N-dealkylation sites (tertiary alicyclic amines) is 1. The Morgan fingerprint density at radius 2 is 1.71 bits per heavy atom. The summed E-state index contributed by atoms with van der Waals surface area (Å²) in [5.41, 5.74) is -2.57. The van der Waals surface area contributed by atoms with Crippen molar-refractivity contribution >= 4 is 58.5 Å². The van der Waals surface area contributed by atoms with E-state index in [0.717, 1.165) is 16.0 Å². The molecule has 0 bridgehead atoms. The molecule has 2 saturated carbocycles. The average Bonchev–Trinajstić information content (AvgIpc) is 4.04. The third kappa shape index (κ3) is 12.2. The molecule has 22 heteroatoms. The van der Waals surface area contributed by atoms with Crippen molar-refractivity contribution in [3.8, 4) is 0 Å². The van der Waals surface area contributed by atoms with Gasteiger partial charge >= 0.3 is 6.18 Å². The van der Waals surface area contributed by atoms with E-state index in [9.17, 15) is 59.9 Å². The van der Waals surface area contributed by atoms with E-state index in [0.29, 0.717) is 54.4 Å². The highest BCUT2D eigenvalue weighted by Crippen LogP contribution is 2.61. The normalized spacial score (nSPS) is 27.1. The van der Waals surface area contributed by atoms with E-state index < -0.39 is 133 Å². The predicted octanol–water partition coefficient (Wildman–Crippen LogP) is 4.88. The van der Waals surface area contributed by atoms with E-state index in [2.05, 4.69) is 21.3 Å². The molecule has 0 unspecified atom stereocenters. The first-order valence-corrected chi connectivity index (χ1v) is 24.2. The largest absolute Gasteiger partial charge is 0.403 e. The second kappa shape index (κ2) is 21.4. The van der Waals surface area contributed by atoms with Crippen LogP contribution >= 0.6 is 11.6 Å². The van der Waals surface area contributed by atoms with Crippen LogP contribution in [-0.2, 0) is 44.7 Å². The molecule has 0 spiro atoms. The Balaban J connectivity index is 1.27. The van der Waals surface area contributed by atoms with Gasteiger partial charge in [-0.25, -0.2) is 13.2 Å². The number of nitrogens with one attached hydrogen (secondary N) is 4. The fourth-order valence-electron chi connectivity index (χ4n) is 9.89. The SMILES string of the molecule is CC(C)C[C@@H]1NC(=O)[C@@H](N(C)C(=O)[C@@H](NC(=O)[C@@H]2C[C@@H](F)CN2C(=O)C2(C(F)(F)F)CC(F)(F)C2)C2CC2)CCCCNC(=O)C(C)(C)NC(=O)[C@H](Cc2cc(Cl)ccc2C2=CCOCC2)N(C)C1=O. The lowest BCUT2D eigenvalue weighted by molar-refractivity contribution is -0.299. The summed E-state index contributed by atoms with van der Waals surface area (Å²) in [5, 5.41) is 11.4. The number of amides is 7. The molecule has 2 aliphatic carbocycles. The number of carbonyl (C=O) groups excluding carboxylic acids is 7. The lowest BCUT2D eigenvalue weighted by Gasteiger charge is -2.48. The van der Waals surface area contributed by atoms with Crippen LogP contribution in [0.2, 0.25) is 5.02 Å². The van der Waals surface area contributed by atoms with Crippen molar-refractivity contribution in [1.29, 1.82) is 0 Å².